The molecule has 0 atom stereocenters. The van der Waals surface area contributed by atoms with Crippen LogP contribution >= 0.6 is 0 Å². The number of para-hydroxylation sites is 6. The quantitative estimate of drug-likeness (QED) is 0.0811. The van der Waals surface area contributed by atoms with Gasteiger partial charge in [-0.3, -0.25) is 30.0 Å². The molecule has 0 saturated heterocycles. The average Bonchev–Trinajstić information content (AvgIpc) is 3.41. The fourth-order valence-electron chi connectivity index (χ4n) is 5.61. The Bertz CT molecular complexity index is 2390. The molecule has 432 valence electrons. The maximum atomic E-state index is 11.4. The van der Waals surface area contributed by atoms with Crippen LogP contribution in [0.4, 0.5) is 0 Å². The van der Waals surface area contributed by atoms with E-state index in [2.05, 4.69) is 30.0 Å². The number of halogens is 1. The number of rotatable bonds is 12. The van der Waals surface area contributed by atoms with Crippen LogP contribution < -0.4 is 166 Å². The second-order valence-electron chi connectivity index (χ2n) is 14.0. The molecule has 0 radical (unpaired) electrons. The molecule has 22 nitrogen and oxygen atoms in total. The summed E-state index contributed by atoms with van der Waals surface area (Å²) >= 11 is 0. The Kier molecular flexibility index (Phi) is 55.6. The fourth-order valence-corrected chi connectivity index (χ4v) is 5.61. The number of ether oxygens (including phenoxy) is 6. The smallest absolute Gasteiger partial charge is 0.870 e. The predicted molar refractivity (Wildman–Crippen MR) is 276 cm³/mol. The standard InChI is InChI=1S/6C9H11NO2.ClHO4.3Na.2Ni/c6*1-10-6-7-4-3-5-8(12-2)9(7)11;2-1(3,4)5;;;;;/h6*3-6,11H,1-2H3;(H,2,3,4,5);;;;;/q;;;;;;;3*+1;2*+2/p-7. The van der Waals surface area contributed by atoms with Crippen LogP contribution in [0.2, 0.25) is 0 Å². The normalized spacial score (nSPS) is 9.95. The minimum atomic E-state index is -4.94. The Hall–Kier alpha value is -4.94. The maximum Gasteiger partial charge on any atom is 2.00 e. The van der Waals surface area contributed by atoms with Crippen LogP contribution in [0.3, 0.4) is 0 Å². The largest absolute Gasteiger partial charge is 2.00 e. The fraction of sp³-hybridized carbons (Fsp3) is 0.222. The molecule has 0 amide bonds. The first-order valence-corrected chi connectivity index (χ1v) is 23.2. The molecule has 28 heteroatoms. The molecule has 0 bridgehead atoms. The van der Waals surface area contributed by atoms with Gasteiger partial charge in [-0.15, -0.1) is 10.2 Å². The maximum absolute atomic E-state index is 11.4. The van der Waals surface area contributed by atoms with Crippen molar-refractivity contribution < 1.29 is 210 Å². The Labute approximate surface area is 567 Å². The van der Waals surface area contributed by atoms with Crippen molar-refractivity contribution in [3.8, 4) is 69.0 Å². The molecule has 0 aliphatic carbocycles. The summed E-state index contributed by atoms with van der Waals surface area (Å²) in [5.41, 5.74) is 3.32. The van der Waals surface area contributed by atoms with Crippen LogP contribution in [-0.2, 0) is 33.0 Å². The van der Waals surface area contributed by atoms with Crippen molar-refractivity contribution in [3.05, 3.63) is 143 Å². The summed E-state index contributed by atoms with van der Waals surface area (Å²) in [6.07, 6.45) is 9.11. The van der Waals surface area contributed by atoms with Crippen molar-refractivity contribution in [2.24, 2.45) is 30.0 Å². The Balaban J connectivity index is -0.000000205. The van der Waals surface area contributed by atoms with E-state index in [1.165, 1.54) is 79.9 Å². The molecule has 0 aliphatic rings. The van der Waals surface area contributed by atoms with Crippen molar-refractivity contribution in [2.45, 2.75) is 0 Å². The van der Waals surface area contributed by atoms with Gasteiger partial charge >= 0.3 is 122 Å². The topological polar surface area (TPSA) is 360 Å². The van der Waals surface area contributed by atoms with Crippen LogP contribution in [0.1, 0.15) is 33.4 Å². The third-order valence-corrected chi connectivity index (χ3v) is 8.98. The molecule has 0 saturated carbocycles. The van der Waals surface area contributed by atoms with Crippen LogP contribution in [0, 0.1) is 10.2 Å². The summed E-state index contributed by atoms with van der Waals surface area (Å²) in [6.45, 7) is 0. The third kappa shape index (κ3) is 34.6. The first-order valence-electron chi connectivity index (χ1n) is 21.9. The second kappa shape index (κ2) is 51.7. The Morgan fingerprint density at radius 1 is 0.280 bits per heavy atom. The van der Waals surface area contributed by atoms with Gasteiger partial charge in [-0.2, -0.15) is 0 Å². The predicted octanol–water partition coefficient (Wildman–Crippen LogP) is -8.84. The zero-order valence-electron chi connectivity index (χ0n) is 48.1. The summed E-state index contributed by atoms with van der Waals surface area (Å²) in [7, 11) is 13.7. The van der Waals surface area contributed by atoms with Gasteiger partial charge in [0, 0.05) is 79.6 Å². The van der Waals surface area contributed by atoms with Gasteiger partial charge in [-0.05, 0) is 69.8 Å². The van der Waals surface area contributed by atoms with Crippen LogP contribution in [0.25, 0.3) is 0 Å². The molecule has 0 fully saturated rings. The molecular weight excluding hydrogens is 1210 g/mol. The molecule has 6 aromatic carbocycles. The van der Waals surface area contributed by atoms with Gasteiger partial charge in [-0.1, -0.05) is 107 Å². The Morgan fingerprint density at radius 2 is 0.390 bits per heavy atom. The van der Waals surface area contributed by atoms with E-state index in [0.717, 1.165) is 0 Å². The third-order valence-electron chi connectivity index (χ3n) is 8.98. The zero-order valence-corrected chi connectivity index (χ0v) is 56.8. The second-order valence-corrected chi connectivity index (χ2v) is 14.7. The molecule has 82 heavy (non-hydrogen) atoms. The van der Waals surface area contributed by atoms with Crippen molar-refractivity contribution in [1.82, 2.24) is 0 Å². The van der Waals surface area contributed by atoms with E-state index in [0.29, 0.717) is 67.9 Å². The molecule has 0 aromatic heterocycles. The van der Waals surface area contributed by atoms with Gasteiger partial charge in [0.05, 0.1) is 42.7 Å². The molecular formula is C54H60ClN6Na3Ni2O16. The van der Waals surface area contributed by atoms with E-state index in [-0.39, 0.29) is 156 Å². The number of methoxy groups -OCH3 is 6. The molecule has 0 heterocycles. The minimum Gasteiger partial charge on any atom is -0.870 e. The molecule has 0 aliphatic heterocycles. The molecule has 0 N–H and O–H groups in total. The van der Waals surface area contributed by atoms with E-state index in [9.17, 15) is 30.6 Å². The van der Waals surface area contributed by atoms with Crippen LogP contribution in [0.5, 0.6) is 69.0 Å². The van der Waals surface area contributed by atoms with E-state index >= 15 is 0 Å². The van der Waals surface area contributed by atoms with Gasteiger partial charge in [-0.25, -0.2) is 18.6 Å². The summed E-state index contributed by atoms with van der Waals surface area (Å²) in [6, 6.07) is 30.6. The molecule has 6 aromatic rings. The van der Waals surface area contributed by atoms with Gasteiger partial charge in [0.15, 0.2) is 0 Å². The van der Waals surface area contributed by atoms with Crippen LogP contribution in [0.15, 0.2) is 139 Å². The first-order chi connectivity index (χ1) is 36.7. The SMILES string of the molecule is CN=Cc1cccc(OC)c1[O-].CN=Cc1cccc(OC)c1[O-].CN=Cc1cccc(OC)c1[O-].CN=Cc1cccc(OC)c1[O-].CN=Cc1cccc(OC)c1[O-].CN=Cc1cccc(OC)c1[O-].[Na+].[Na+].[Na+].[Ni+2].[Ni+2].[O-][Cl+3]([O-])([O-])[O-]. The monoisotopic (exact) mass is 1270 g/mol. The van der Waals surface area contributed by atoms with E-state index in [1.807, 2.05) is 0 Å². The van der Waals surface area contributed by atoms with Crippen molar-refractivity contribution >= 4 is 37.3 Å². The molecule has 0 unspecified atom stereocenters. The number of nitrogens with zero attached hydrogens (tertiary/aromatic N) is 6. The first kappa shape index (κ1) is 88.3. The van der Waals surface area contributed by atoms with Crippen molar-refractivity contribution in [3.63, 3.8) is 0 Å². The van der Waals surface area contributed by atoms with Gasteiger partial charge < -0.3 is 59.1 Å². The van der Waals surface area contributed by atoms with Crippen molar-refractivity contribution in [2.75, 3.05) is 84.9 Å². The van der Waals surface area contributed by atoms with Gasteiger partial charge in [0.1, 0.15) is 34.5 Å². The number of benzene rings is 6. The average molecular weight is 1270 g/mol. The number of hydrogen-bond acceptors (Lipinski definition) is 22. The zero-order chi connectivity index (χ0) is 58.3. The summed E-state index contributed by atoms with van der Waals surface area (Å²) in [5, 5.41) is 68.2. The van der Waals surface area contributed by atoms with Gasteiger partial charge in [0.2, 0.25) is 0 Å². The summed E-state index contributed by atoms with van der Waals surface area (Å²) < 4.78 is 63.1. The van der Waals surface area contributed by atoms with Crippen molar-refractivity contribution in [1.29, 1.82) is 0 Å². The van der Waals surface area contributed by atoms with Crippen LogP contribution in [-0.4, -0.2) is 122 Å². The van der Waals surface area contributed by atoms with E-state index in [1.54, 1.807) is 151 Å². The number of aliphatic imine (C=N–C) groups is 6. The minimum absolute atomic E-state index is 0. The molecule has 0 spiro atoms. The summed E-state index contributed by atoms with van der Waals surface area (Å²) in [4.78, 5) is 22.6. The van der Waals surface area contributed by atoms with Gasteiger partial charge in [0.25, 0.3) is 0 Å². The Morgan fingerprint density at radius 3 is 0.476 bits per heavy atom. The van der Waals surface area contributed by atoms with E-state index < -0.39 is 10.2 Å². The molecule has 6 rings (SSSR count). The van der Waals surface area contributed by atoms with E-state index in [4.69, 9.17) is 47.1 Å². The number of hydrogen-bond donors (Lipinski definition) is 0. The summed E-state index contributed by atoms with van der Waals surface area (Å²) in [5.74, 6) is 1.41.